The monoisotopic (exact) mass is 255 g/mol. The van der Waals surface area contributed by atoms with Crippen LogP contribution in [0.1, 0.15) is 5.69 Å². The van der Waals surface area contributed by atoms with Gasteiger partial charge in [0, 0.05) is 12.6 Å². The molecule has 0 saturated carbocycles. The molecule has 0 radical (unpaired) electrons. The first kappa shape index (κ1) is 13.7. The zero-order chi connectivity index (χ0) is 12.4. The average Bonchev–Trinajstić information content (AvgIpc) is 2.49. The number of aromatic nitrogens is 2. The molecular weight excluding hydrogens is 230 g/mol. The molecule has 0 aliphatic heterocycles. The maximum Gasteiger partial charge on any atom is 0.154 e. The van der Waals surface area contributed by atoms with E-state index in [1.807, 2.05) is 6.33 Å². The summed E-state index contributed by atoms with van der Waals surface area (Å²) in [6, 6.07) is 0. The van der Waals surface area contributed by atoms with Gasteiger partial charge >= 0.3 is 0 Å². The van der Waals surface area contributed by atoms with Gasteiger partial charge in [0.25, 0.3) is 0 Å². The molecule has 1 aromatic rings. The van der Waals surface area contributed by atoms with E-state index in [9.17, 15) is 0 Å². The molecular formula is C11H25N3Si2. The molecule has 0 aliphatic rings. The molecule has 0 amide bonds. The lowest BCUT2D eigenvalue weighted by atomic mass is 10.3. The van der Waals surface area contributed by atoms with Crippen LogP contribution in [0, 0.1) is 0 Å². The minimum atomic E-state index is -1.25. The third-order valence-electron chi connectivity index (χ3n) is 2.45. The highest BCUT2D eigenvalue weighted by atomic mass is 28.3. The van der Waals surface area contributed by atoms with Gasteiger partial charge in [-0.2, -0.15) is 0 Å². The van der Waals surface area contributed by atoms with Crippen molar-refractivity contribution in [2.45, 2.75) is 45.7 Å². The molecule has 0 saturated heterocycles. The van der Waals surface area contributed by atoms with Crippen molar-refractivity contribution in [1.29, 1.82) is 0 Å². The average molecular weight is 256 g/mol. The van der Waals surface area contributed by atoms with Crippen LogP contribution in [0.2, 0.25) is 39.3 Å². The van der Waals surface area contributed by atoms with E-state index >= 15 is 0 Å². The van der Waals surface area contributed by atoms with Crippen molar-refractivity contribution in [3.05, 3.63) is 18.2 Å². The second kappa shape index (κ2) is 4.85. The maximum atomic E-state index is 4.48. The van der Waals surface area contributed by atoms with Crippen molar-refractivity contribution < 1.29 is 0 Å². The van der Waals surface area contributed by atoms with Crippen molar-refractivity contribution in [2.24, 2.45) is 0 Å². The summed E-state index contributed by atoms with van der Waals surface area (Å²) in [5, 5.41) is 0. The minimum Gasteiger partial charge on any atom is -0.365 e. The van der Waals surface area contributed by atoms with Crippen LogP contribution in [0.25, 0.3) is 0 Å². The SMILES string of the molecule is C[Si](C)(C)NCCc1cn([Si](C)(C)C)cn1. The predicted octanol–water partition coefficient (Wildman–Crippen LogP) is 2.53. The molecule has 1 rings (SSSR count). The second-order valence-electron chi connectivity index (χ2n) is 6.37. The van der Waals surface area contributed by atoms with Crippen LogP contribution in [0.15, 0.2) is 12.5 Å². The van der Waals surface area contributed by atoms with Crippen molar-refractivity contribution in [1.82, 2.24) is 14.2 Å². The molecule has 0 aromatic carbocycles. The molecule has 0 fully saturated rings. The van der Waals surface area contributed by atoms with Crippen LogP contribution in [0.4, 0.5) is 0 Å². The van der Waals surface area contributed by atoms with E-state index in [1.165, 1.54) is 5.69 Å². The first-order valence-corrected chi connectivity index (χ1v) is 12.9. The van der Waals surface area contributed by atoms with Crippen molar-refractivity contribution in [3.63, 3.8) is 0 Å². The zero-order valence-corrected chi connectivity index (χ0v) is 13.5. The van der Waals surface area contributed by atoms with Gasteiger partial charge in [-0.1, -0.05) is 39.3 Å². The summed E-state index contributed by atoms with van der Waals surface area (Å²) in [5.41, 5.74) is 1.22. The Hall–Kier alpha value is -0.396. The van der Waals surface area contributed by atoms with Crippen molar-refractivity contribution in [3.8, 4) is 0 Å². The van der Waals surface area contributed by atoms with Crippen LogP contribution in [-0.4, -0.2) is 32.2 Å². The fourth-order valence-corrected chi connectivity index (χ4v) is 3.24. The van der Waals surface area contributed by atoms with E-state index < -0.39 is 16.5 Å². The molecule has 16 heavy (non-hydrogen) atoms. The largest absolute Gasteiger partial charge is 0.365 e. The van der Waals surface area contributed by atoms with Gasteiger partial charge < -0.3 is 9.22 Å². The second-order valence-corrected chi connectivity index (χ2v) is 16.1. The highest BCUT2D eigenvalue weighted by Crippen LogP contribution is 2.07. The van der Waals surface area contributed by atoms with Crippen molar-refractivity contribution in [2.75, 3.05) is 6.54 Å². The topological polar surface area (TPSA) is 29.9 Å². The smallest absolute Gasteiger partial charge is 0.154 e. The first-order chi connectivity index (χ1) is 7.18. The Labute approximate surface area is 101 Å². The first-order valence-electron chi connectivity index (χ1n) is 5.97. The van der Waals surface area contributed by atoms with Gasteiger partial charge in [-0.05, 0) is 6.54 Å². The fraction of sp³-hybridized carbons (Fsp3) is 0.727. The Morgan fingerprint density at radius 2 is 1.81 bits per heavy atom. The lowest BCUT2D eigenvalue weighted by Crippen LogP contribution is -2.42. The molecule has 3 nitrogen and oxygen atoms in total. The number of rotatable bonds is 5. The summed E-state index contributed by atoms with van der Waals surface area (Å²) in [5.74, 6) is 0. The van der Waals surface area contributed by atoms with Gasteiger partial charge in [-0.3, -0.25) is 0 Å². The van der Waals surface area contributed by atoms with Gasteiger partial charge in [0.2, 0.25) is 0 Å². The summed E-state index contributed by atoms with van der Waals surface area (Å²) in [4.78, 5) is 8.09. The number of nitrogens with one attached hydrogen (secondary N) is 1. The Bertz CT molecular complexity index is 334. The molecule has 0 bridgehead atoms. The summed E-state index contributed by atoms with van der Waals surface area (Å²) < 4.78 is 2.32. The van der Waals surface area contributed by atoms with Crippen LogP contribution in [-0.2, 0) is 6.42 Å². The van der Waals surface area contributed by atoms with E-state index in [-0.39, 0.29) is 0 Å². The molecule has 5 heteroatoms. The molecule has 92 valence electrons. The zero-order valence-electron chi connectivity index (χ0n) is 11.5. The van der Waals surface area contributed by atoms with E-state index in [4.69, 9.17) is 0 Å². The summed E-state index contributed by atoms with van der Waals surface area (Å²) in [6.07, 6.45) is 5.26. The summed E-state index contributed by atoms with van der Waals surface area (Å²) in [6.45, 7) is 15.0. The lowest BCUT2D eigenvalue weighted by molar-refractivity contribution is 0.848. The lowest BCUT2D eigenvalue weighted by Gasteiger charge is -2.18. The van der Waals surface area contributed by atoms with E-state index in [2.05, 4.69) is 59.7 Å². The molecule has 1 aromatic heterocycles. The highest BCUT2D eigenvalue weighted by Gasteiger charge is 2.16. The van der Waals surface area contributed by atoms with Crippen LogP contribution < -0.4 is 4.98 Å². The minimum absolute atomic E-state index is 1.04. The van der Waals surface area contributed by atoms with Gasteiger partial charge in [-0.25, -0.2) is 4.98 Å². The molecule has 0 spiro atoms. The number of hydrogen-bond acceptors (Lipinski definition) is 2. The molecule has 1 heterocycles. The molecule has 1 N–H and O–H groups in total. The fourth-order valence-electron chi connectivity index (χ4n) is 1.43. The van der Waals surface area contributed by atoms with E-state index in [1.54, 1.807) is 0 Å². The van der Waals surface area contributed by atoms with Crippen molar-refractivity contribution >= 4 is 16.5 Å². The summed E-state index contributed by atoms with van der Waals surface area (Å²) >= 11 is 0. The van der Waals surface area contributed by atoms with Crippen LogP contribution >= 0.6 is 0 Å². The van der Waals surface area contributed by atoms with E-state index in [0.717, 1.165) is 13.0 Å². The Kier molecular flexibility index (Phi) is 4.14. The predicted molar refractivity (Wildman–Crippen MR) is 76.0 cm³/mol. The van der Waals surface area contributed by atoms with Crippen LogP contribution in [0.3, 0.4) is 0 Å². The normalized spacial score (nSPS) is 13.1. The third-order valence-corrected chi connectivity index (χ3v) is 5.55. The number of hydrogen-bond donors (Lipinski definition) is 1. The maximum absolute atomic E-state index is 4.48. The Balaban J connectivity index is 2.48. The quantitative estimate of drug-likeness (QED) is 0.820. The molecule has 0 unspecified atom stereocenters. The standard InChI is InChI=1S/C11H25N3Si2/c1-15(2,3)13-8-7-11-9-14(10-12-11)16(4,5)6/h9-10,13H,7-8H2,1-6H3. The van der Waals surface area contributed by atoms with Gasteiger partial charge in [0.05, 0.1) is 12.0 Å². The van der Waals surface area contributed by atoms with Gasteiger partial charge in [0.1, 0.15) is 8.24 Å². The Morgan fingerprint density at radius 3 is 2.25 bits per heavy atom. The number of nitrogens with zero attached hydrogens (tertiary/aromatic N) is 2. The van der Waals surface area contributed by atoms with Gasteiger partial charge in [-0.15, -0.1) is 0 Å². The third kappa shape index (κ3) is 4.63. The van der Waals surface area contributed by atoms with Gasteiger partial charge in [0.15, 0.2) is 8.24 Å². The Morgan fingerprint density at radius 1 is 1.19 bits per heavy atom. The van der Waals surface area contributed by atoms with E-state index in [0.29, 0.717) is 0 Å². The van der Waals surface area contributed by atoms with Crippen LogP contribution in [0.5, 0.6) is 0 Å². The number of imidazole rings is 1. The summed E-state index contributed by atoms with van der Waals surface area (Å²) in [7, 11) is -2.36. The molecule has 0 aliphatic carbocycles. The highest BCUT2D eigenvalue weighted by molar-refractivity contribution is 6.74. The molecule has 0 atom stereocenters.